The molecular weight excluding hydrogens is 304 g/mol. The highest BCUT2D eigenvalue weighted by Crippen LogP contribution is 2.13. The second-order valence-corrected chi connectivity index (χ2v) is 7.47. The highest BCUT2D eigenvalue weighted by molar-refractivity contribution is 5.86. The van der Waals surface area contributed by atoms with Crippen molar-refractivity contribution in [1.29, 1.82) is 0 Å². The summed E-state index contributed by atoms with van der Waals surface area (Å²) in [4.78, 5) is 24.6. The minimum absolute atomic E-state index is 0.131. The lowest BCUT2D eigenvalue weighted by atomic mass is 10.0. The highest BCUT2D eigenvalue weighted by atomic mass is 16.6. The molecule has 0 aliphatic heterocycles. The number of rotatable bonds is 6. The van der Waals surface area contributed by atoms with E-state index >= 15 is 0 Å². The number of alkyl carbamates (subject to hydrolysis) is 1. The number of hydrogen-bond donors (Lipinski definition) is 2. The summed E-state index contributed by atoms with van der Waals surface area (Å²) >= 11 is 0. The molecule has 0 aromatic heterocycles. The molecule has 0 aliphatic rings. The average Bonchev–Trinajstić information content (AvgIpc) is 2.44. The van der Waals surface area contributed by atoms with E-state index in [1.165, 1.54) is 0 Å². The van der Waals surface area contributed by atoms with Gasteiger partial charge in [0.25, 0.3) is 0 Å². The van der Waals surface area contributed by atoms with E-state index in [-0.39, 0.29) is 17.9 Å². The van der Waals surface area contributed by atoms with Crippen LogP contribution in [-0.4, -0.2) is 23.6 Å². The molecule has 0 heterocycles. The highest BCUT2D eigenvalue weighted by Gasteiger charge is 2.26. The van der Waals surface area contributed by atoms with Gasteiger partial charge in [-0.1, -0.05) is 44.2 Å². The minimum atomic E-state index is -0.619. The number of hydrogen-bond acceptors (Lipinski definition) is 3. The van der Waals surface area contributed by atoms with Gasteiger partial charge in [0.05, 0.1) is 6.04 Å². The number of nitrogens with one attached hydrogen (secondary N) is 2. The second kappa shape index (κ2) is 8.71. The normalized spacial score (nSPS) is 14.0. The van der Waals surface area contributed by atoms with Gasteiger partial charge in [-0.25, -0.2) is 4.79 Å². The maximum atomic E-state index is 12.6. The molecule has 2 atom stereocenters. The number of ether oxygens (including phenoxy) is 1. The monoisotopic (exact) mass is 334 g/mol. The molecule has 0 saturated carbocycles. The molecule has 2 amide bonds. The molecule has 1 aromatic rings. The van der Waals surface area contributed by atoms with Gasteiger partial charge >= 0.3 is 6.09 Å². The molecule has 0 spiro atoms. The Balaban J connectivity index is 2.72. The summed E-state index contributed by atoms with van der Waals surface area (Å²) in [7, 11) is 0. The third-order valence-electron chi connectivity index (χ3n) is 3.37. The van der Waals surface area contributed by atoms with Gasteiger partial charge in [-0.2, -0.15) is 0 Å². The van der Waals surface area contributed by atoms with Gasteiger partial charge in [0.2, 0.25) is 5.91 Å². The maximum Gasteiger partial charge on any atom is 0.408 e. The Kier molecular flexibility index (Phi) is 7.26. The summed E-state index contributed by atoms with van der Waals surface area (Å²) in [6.45, 7) is 11.3. The van der Waals surface area contributed by atoms with Crippen molar-refractivity contribution in [2.45, 2.75) is 65.6 Å². The smallest absolute Gasteiger partial charge is 0.408 e. The van der Waals surface area contributed by atoms with E-state index in [0.717, 1.165) is 5.56 Å². The molecule has 0 fully saturated rings. The van der Waals surface area contributed by atoms with Crippen molar-refractivity contribution < 1.29 is 14.3 Å². The topological polar surface area (TPSA) is 67.4 Å². The zero-order valence-corrected chi connectivity index (χ0v) is 15.6. The minimum Gasteiger partial charge on any atom is -0.444 e. The van der Waals surface area contributed by atoms with Crippen LogP contribution in [0.25, 0.3) is 0 Å². The molecule has 0 bridgehead atoms. The molecule has 1 rings (SSSR count). The van der Waals surface area contributed by atoms with Crippen molar-refractivity contribution >= 4 is 12.0 Å². The Labute approximate surface area is 145 Å². The molecule has 0 saturated heterocycles. The van der Waals surface area contributed by atoms with E-state index in [4.69, 9.17) is 4.74 Å². The van der Waals surface area contributed by atoms with Crippen LogP contribution in [0.1, 0.15) is 59.6 Å². The molecule has 0 radical (unpaired) electrons. The van der Waals surface area contributed by atoms with Crippen LogP contribution in [0.5, 0.6) is 0 Å². The summed E-state index contributed by atoms with van der Waals surface area (Å²) in [5, 5.41) is 5.65. The van der Waals surface area contributed by atoms with Gasteiger partial charge in [-0.05, 0) is 45.6 Å². The predicted molar refractivity (Wildman–Crippen MR) is 95.6 cm³/mol. The molecule has 5 nitrogen and oxygen atoms in total. The van der Waals surface area contributed by atoms with E-state index in [0.29, 0.717) is 6.42 Å². The van der Waals surface area contributed by atoms with Gasteiger partial charge < -0.3 is 15.4 Å². The quantitative estimate of drug-likeness (QED) is 0.831. The van der Waals surface area contributed by atoms with Crippen LogP contribution >= 0.6 is 0 Å². The standard InChI is InChI=1S/C19H30N2O3/c1-13(2)12-16(21-18(23)24-19(4,5)6)17(22)20-14(3)15-10-8-7-9-11-15/h7-11,13-14,16H,12H2,1-6H3,(H,20,22)(H,21,23). The van der Waals surface area contributed by atoms with E-state index < -0.39 is 17.7 Å². The second-order valence-electron chi connectivity index (χ2n) is 7.47. The zero-order valence-electron chi connectivity index (χ0n) is 15.6. The lowest BCUT2D eigenvalue weighted by Crippen LogP contribution is -2.49. The van der Waals surface area contributed by atoms with Crippen LogP contribution in [-0.2, 0) is 9.53 Å². The molecule has 2 unspecified atom stereocenters. The summed E-state index contributed by atoms with van der Waals surface area (Å²) in [5.41, 5.74) is 0.423. The number of benzene rings is 1. The Hall–Kier alpha value is -2.04. The van der Waals surface area contributed by atoms with E-state index in [9.17, 15) is 9.59 Å². The van der Waals surface area contributed by atoms with Crippen molar-refractivity contribution in [3.8, 4) is 0 Å². The SMILES string of the molecule is CC(C)CC(NC(=O)OC(C)(C)C)C(=O)NC(C)c1ccccc1. The Morgan fingerprint density at radius 1 is 1.04 bits per heavy atom. The lowest BCUT2D eigenvalue weighted by molar-refractivity contribution is -0.124. The fourth-order valence-corrected chi connectivity index (χ4v) is 2.29. The van der Waals surface area contributed by atoms with Gasteiger partial charge in [-0.15, -0.1) is 0 Å². The summed E-state index contributed by atoms with van der Waals surface area (Å²) in [5.74, 6) is 0.0635. The number of carbonyl (C=O) groups is 2. The van der Waals surface area contributed by atoms with Crippen molar-refractivity contribution in [2.75, 3.05) is 0 Å². The Bertz CT molecular complexity index is 535. The fourth-order valence-electron chi connectivity index (χ4n) is 2.29. The van der Waals surface area contributed by atoms with Crippen LogP contribution in [0, 0.1) is 5.92 Å². The Morgan fingerprint density at radius 2 is 1.62 bits per heavy atom. The van der Waals surface area contributed by atoms with Gasteiger partial charge in [0.1, 0.15) is 11.6 Å². The van der Waals surface area contributed by atoms with E-state index in [1.54, 1.807) is 20.8 Å². The fraction of sp³-hybridized carbons (Fsp3) is 0.579. The number of amides is 2. The predicted octanol–water partition coefficient (Wildman–Crippen LogP) is 3.80. The van der Waals surface area contributed by atoms with Gasteiger partial charge in [0, 0.05) is 0 Å². The van der Waals surface area contributed by atoms with Gasteiger partial charge in [0.15, 0.2) is 0 Å². The first kappa shape index (κ1) is 20.0. The Morgan fingerprint density at radius 3 is 2.12 bits per heavy atom. The van der Waals surface area contributed by atoms with Crippen LogP contribution in [0.4, 0.5) is 4.79 Å². The molecule has 134 valence electrons. The van der Waals surface area contributed by atoms with Crippen molar-refractivity contribution in [1.82, 2.24) is 10.6 Å². The van der Waals surface area contributed by atoms with E-state index in [2.05, 4.69) is 10.6 Å². The lowest BCUT2D eigenvalue weighted by Gasteiger charge is -2.25. The van der Waals surface area contributed by atoms with Gasteiger partial charge in [-0.3, -0.25) is 4.79 Å². The van der Waals surface area contributed by atoms with Crippen molar-refractivity contribution in [2.24, 2.45) is 5.92 Å². The maximum absolute atomic E-state index is 12.6. The van der Waals surface area contributed by atoms with Crippen molar-refractivity contribution in [3.05, 3.63) is 35.9 Å². The van der Waals surface area contributed by atoms with Crippen LogP contribution < -0.4 is 10.6 Å². The third kappa shape index (κ3) is 7.49. The first-order chi connectivity index (χ1) is 11.1. The van der Waals surface area contributed by atoms with E-state index in [1.807, 2.05) is 51.1 Å². The molecule has 0 aliphatic carbocycles. The zero-order chi connectivity index (χ0) is 18.3. The largest absolute Gasteiger partial charge is 0.444 e. The van der Waals surface area contributed by atoms with Crippen LogP contribution in [0.3, 0.4) is 0 Å². The van der Waals surface area contributed by atoms with Crippen LogP contribution in [0.15, 0.2) is 30.3 Å². The van der Waals surface area contributed by atoms with Crippen LogP contribution in [0.2, 0.25) is 0 Å². The first-order valence-corrected chi connectivity index (χ1v) is 8.43. The molecule has 1 aromatic carbocycles. The molecule has 24 heavy (non-hydrogen) atoms. The van der Waals surface area contributed by atoms with Crippen molar-refractivity contribution in [3.63, 3.8) is 0 Å². The summed E-state index contributed by atoms with van der Waals surface area (Å²) < 4.78 is 5.26. The average molecular weight is 334 g/mol. The number of carbonyl (C=O) groups excluding carboxylic acids is 2. The third-order valence-corrected chi connectivity index (χ3v) is 3.37. The molecular formula is C19H30N2O3. The molecule has 2 N–H and O–H groups in total. The molecule has 5 heteroatoms. The first-order valence-electron chi connectivity index (χ1n) is 8.43. The summed E-state index contributed by atoms with van der Waals surface area (Å²) in [6, 6.07) is 8.97. The summed E-state index contributed by atoms with van der Waals surface area (Å²) in [6.07, 6.45) is -0.0253.